The van der Waals surface area contributed by atoms with Gasteiger partial charge in [0.1, 0.15) is 0 Å². The van der Waals surface area contributed by atoms with Gasteiger partial charge in [0.15, 0.2) is 0 Å². The molecule has 1 heterocycles. The number of halogens is 1. The monoisotopic (exact) mass is 288 g/mol. The first kappa shape index (κ1) is 13.0. The lowest BCUT2D eigenvalue weighted by molar-refractivity contribution is 0.400. The second kappa shape index (κ2) is 6.51. The Morgan fingerprint density at radius 2 is 2.20 bits per heavy atom. The summed E-state index contributed by atoms with van der Waals surface area (Å²) in [5, 5.41) is 0. The average Bonchev–Trinajstić information content (AvgIpc) is 2.25. The van der Waals surface area contributed by atoms with Gasteiger partial charge < -0.3 is 0 Å². The van der Waals surface area contributed by atoms with Gasteiger partial charge in [-0.1, -0.05) is 25.8 Å². The zero-order chi connectivity index (χ0) is 11.3. The van der Waals surface area contributed by atoms with E-state index in [1.807, 2.05) is 24.3 Å². The second-order valence-electron chi connectivity index (χ2n) is 3.26. The molecule has 0 spiro atoms. The van der Waals surface area contributed by atoms with Crippen LogP contribution >= 0.6 is 27.9 Å². The first-order valence-corrected chi connectivity index (χ1v) is 6.92. The molecular weight excluding hydrogens is 272 g/mol. The van der Waals surface area contributed by atoms with Crippen LogP contribution in [-0.4, -0.2) is 21.6 Å². The van der Waals surface area contributed by atoms with Gasteiger partial charge in [0, 0.05) is 35.2 Å². The fourth-order valence-corrected chi connectivity index (χ4v) is 2.71. The molecule has 0 aromatic carbocycles. The summed E-state index contributed by atoms with van der Waals surface area (Å²) in [6, 6.07) is 2.54. The zero-order valence-electron chi connectivity index (χ0n) is 9.40. The van der Waals surface area contributed by atoms with Crippen LogP contribution in [0, 0.1) is 0 Å². The molecule has 1 atom stereocenters. The van der Waals surface area contributed by atoms with Crippen molar-refractivity contribution in [2.45, 2.75) is 26.8 Å². The Bertz CT molecular complexity index is 306. The van der Waals surface area contributed by atoms with Crippen molar-refractivity contribution in [2.24, 2.45) is 0 Å². The average molecular weight is 289 g/mol. The van der Waals surface area contributed by atoms with Crippen LogP contribution in [0.1, 0.15) is 32.4 Å². The minimum Gasteiger partial charge on any atom is -0.263 e. The van der Waals surface area contributed by atoms with E-state index in [-0.39, 0.29) is 0 Å². The maximum Gasteiger partial charge on any atom is 0.0439 e. The van der Waals surface area contributed by atoms with Crippen LogP contribution in [0.3, 0.4) is 0 Å². The normalized spacial score (nSPS) is 13.1. The van der Waals surface area contributed by atoms with E-state index in [4.69, 9.17) is 0 Å². The highest BCUT2D eigenvalue weighted by atomic mass is 79.9. The molecule has 1 rings (SSSR count). The van der Waals surface area contributed by atoms with Crippen molar-refractivity contribution >= 4 is 27.9 Å². The number of hydrogen-bond donors (Lipinski definition) is 0. The number of pyridine rings is 1. The molecule has 0 aliphatic rings. The standard InChI is InChI=1S/C11H17BrN2S/c1-4-14(15-5-2)9(3)10-6-11(12)8-13-7-10/h6-9H,4-5H2,1-3H3. The molecule has 15 heavy (non-hydrogen) atoms. The Balaban J connectivity index is 2.77. The van der Waals surface area contributed by atoms with Crippen molar-refractivity contribution in [1.29, 1.82) is 0 Å². The molecule has 0 N–H and O–H groups in total. The van der Waals surface area contributed by atoms with Gasteiger partial charge in [-0.05, 0) is 34.5 Å². The van der Waals surface area contributed by atoms with Gasteiger partial charge >= 0.3 is 0 Å². The highest BCUT2D eigenvalue weighted by molar-refractivity contribution is 9.10. The molecule has 1 unspecified atom stereocenters. The van der Waals surface area contributed by atoms with Crippen LogP contribution in [-0.2, 0) is 0 Å². The fourth-order valence-electron chi connectivity index (χ4n) is 1.47. The molecule has 2 nitrogen and oxygen atoms in total. The van der Waals surface area contributed by atoms with Gasteiger partial charge in [0.25, 0.3) is 0 Å². The zero-order valence-corrected chi connectivity index (χ0v) is 11.8. The third kappa shape index (κ3) is 3.78. The topological polar surface area (TPSA) is 16.1 Å². The highest BCUT2D eigenvalue weighted by Crippen LogP contribution is 2.27. The van der Waals surface area contributed by atoms with E-state index in [9.17, 15) is 0 Å². The van der Waals surface area contributed by atoms with Gasteiger partial charge in [-0.3, -0.25) is 4.98 Å². The number of hydrogen-bond acceptors (Lipinski definition) is 3. The summed E-state index contributed by atoms with van der Waals surface area (Å²) in [5.74, 6) is 1.11. The van der Waals surface area contributed by atoms with E-state index in [0.717, 1.165) is 16.8 Å². The smallest absolute Gasteiger partial charge is 0.0439 e. The molecule has 0 aliphatic carbocycles. The maximum absolute atomic E-state index is 4.20. The largest absolute Gasteiger partial charge is 0.263 e. The second-order valence-corrected chi connectivity index (χ2v) is 5.48. The summed E-state index contributed by atoms with van der Waals surface area (Å²) in [6.07, 6.45) is 3.76. The molecular formula is C11H17BrN2S. The van der Waals surface area contributed by atoms with E-state index >= 15 is 0 Å². The van der Waals surface area contributed by atoms with Crippen LogP contribution in [0.4, 0.5) is 0 Å². The molecule has 0 radical (unpaired) electrons. The van der Waals surface area contributed by atoms with E-state index in [1.165, 1.54) is 5.56 Å². The van der Waals surface area contributed by atoms with Crippen LogP contribution in [0.25, 0.3) is 0 Å². The molecule has 1 aromatic rings. The van der Waals surface area contributed by atoms with Gasteiger partial charge in [-0.2, -0.15) is 0 Å². The minimum atomic E-state index is 0.407. The number of aromatic nitrogens is 1. The Kier molecular flexibility index (Phi) is 5.64. The van der Waals surface area contributed by atoms with Gasteiger partial charge in [0.2, 0.25) is 0 Å². The van der Waals surface area contributed by atoms with Crippen LogP contribution in [0.2, 0.25) is 0 Å². The van der Waals surface area contributed by atoms with Crippen molar-refractivity contribution in [2.75, 3.05) is 12.3 Å². The fraction of sp³-hybridized carbons (Fsp3) is 0.545. The first-order valence-electron chi connectivity index (χ1n) is 5.19. The highest BCUT2D eigenvalue weighted by Gasteiger charge is 2.14. The van der Waals surface area contributed by atoms with Crippen molar-refractivity contribution in [3.8, 4) is 0 Å². The summed E-state index contributed by atoms with van der Waals surface area (Å²) < 4.78 is 3.42. The predicted octanol–water partition coefficient (Wildman–Crippen LogP) is 3.90. The van der Waals surface area contributed by atoms with Crippen molar-refractivity contribution in [1.82, 2.24) is 9.29 Å². The molecule has 0 bridgehead atoms. The lowest BCUT2D eigenvalue weighted by Gasteiger charge is -2.26. The number of rotatable bonds is 5. The predicted molar refractivity (Wildman–Crippen MR) is 70.9 cm³/mol. The molecule has 0 saturated heterocycles. The Hall–Kier alpha value is -0.0600. The Morgan fingerprint density at radius 1 is 1.47 bits per heavy atom. The van der Waals surface area contributed by atoms with Gasteiger partial charge in [-0.15, -0.1) is 0 Å². The Morgan fingerprint density at radius 3 is 2.73 bits per heavy atom. The minimum absolute atomic E-state index is 0.407. The quantitative estimate of drug-likeness (QED) is 0.765. The van der Waals surface area contributed by atoms with Crippen LogP contribution in [0.5, 0.6) is 0 Å². The summed E-state index contributed by atoms with van der Waals surface area (Å²) in [4.78, 5) is 4.20. The number of nitrogens with zero attached hydrogens (tertiary/aromatic N) is 2. The molecule has 0 aliphatic heterocycles. The molecule has 0 fully saturated rings. The van der Waals surface area contributed by atoms with E-state index in [2.05, 4.69) is 52.1 Å². The summed E-state index contributed by atoms with van der Waals surface area (Å²) in [6.45, 7) is 7.63. The van der Waals surface area contributed by atoms with Crippen molar-refractivity contribution in [3.63, 3.8) is 0 Å². The van der Waals surface area contributed by atoms with Gasteiger partial charge in [0.05, 0.1) is 0 Å². The summed E-state index contributed by atoms with van der Waals surface area (Å²) in [5.41, 5.74) is 1.26. The third-order valence-electron chi connectivity index (χ3n) is 2.25. The SMILES string of the molecule is CCSN(CC)C(C)c1cncc(Br)c1. The molecule has 84 valence electrons. The van der Waals surface area contributed by atoms with Crippen LogP contribution < -0.4 is 0 Å². The lowest BCUT2D eigenvalue weighted by atomic mass is 10.1. The first-order chi connectivity index (χ1) is 7.19. The summed E-state index contributed by atoms with van der Waals surface area (Å²) in [7, 11) is 0. The van der Waals surface area contributed by atoms with E-state index in [1.54, 1.807) is 0 Å². The van der Waals surface area contributed by atoms with Crippen molar-refractivity contribution < 1.29 is 0 Å². The van der Waals surface area contributed by atoms with Crippen molar-refractivity contribution in [3.05, 3.63) is 28.5 Å². The van der Waals surface area contributed by atoms with Gasteiger partial charge in [-0.25, -0.2) is 4.31 Å². The molecule has 4 heteroatoms. The van der Waals surface area contributed by atoms with E-state index in [0.29, 0.717) is 6.04 Å². The molecule has 1 aromatic heterocycles. The molecule has 0 saturated carbocycles. The van der Waals surface area contributed by atoms with E-state index < -0.39 is 0 Å². The maximum atomic E-state index is 4.20. The third-order valence-corrected chi connectivity index (χ3v) is 3.84. The molecule has 0 amide bonds. The Labute approximate surface area is 105 Å². The lowest BCUT2D eigenvalue weighted by Crippen LogP contribution is -2.20. The van der Waals surface area contributed by atoms with Crippen LogP contribution in [0.15, 0.2) is 22.9 Å². The summed E-state index contributed by atoms with van der Waals surface area (Å²) >= 11 is 5.33.